The second-order valence-corrected chi connectivity index (χ2v) is 8.02. The fraction of sp³-hybridized carbons (Fsp3) is 0.300. The molecule has 2 rings (SSSR count). The minimum absolute atomic E-state index is 0.172. The monoisotopic (exact) mass is 423 g/mol. The van der Waals surface area contributed by atoms with Crippen LogP contribution in [0.2, 0.25) is 5.02 Å². The van der Waals surface area contributed by atoms with E-state index >= 15 is 0 Å². The van der Waals surface area contributed by atoms with Crippen molar-refractivity contribution < 1.29 is 14.3 Å². The van der Waals surface area contributed by atoms with E-state index in [0.717, 1.165) is 16.2 Å². The lowest BCUT2D eigenvalue weighted by Crippen LogP contribution is -2.42. The summed E-state index contributed by atoms with van der Waals surface area (Å²) in [4.78, 5) is 26.1. The van der Waals surface area contributed by atoms with Crippen molar-refractivity contribution in [3.8, 4) is 0 Å². The molecule has 0 aliphatic rings. The van der Waals surface area contributed by atoms with Crippen LogP contribution in [0.3, 0.4) is 0 Å². The Balaban J connectivity index is 1.99. The Hall–Kier alpha value is -1.63. The first-order chi connectivity index (χ1) is 13.0. The maximum atomic E-state index is 12.5. The van der Waals surface area contributed by atoms with Crippen molar-refractivity contribution in [1.29, 1.82) is 0 Å². The lowest BCUT2D eigenvalue weighted by atomic mass is 10.1. The maximum Gasteiger partial charge on any atom is 0.329 e. The predicted octanol–water partition coefficient (Wildman–Crippen LogP) is 4.66. The summed E-state index contributed by atoms with van der Waals surface area (Å²) in [5, 5.41) is 3.10. The van der Waals surface area contributed by atoms with Gasteiger partial charge in [0.15, 0.2) is 0 Å². The molecule has 0 radical (unpaired) electrons. The molecular formula is C20H22ClNO3S2. The first kappa shape index (κ1) is 21.7. The van der Waals surface area contributed by atoms with Crippen LogP contribution in [-0.2, 0) is 16.1 Å². The Kier molecular flexibility index (Phi) is 9.04. The first-order valence-electron chi connectivity index (χ1n) is 8.39. The number of halogens is 1. The average molecular weight is 424 g/mol. The second kappa shape index (κ2) is 11.3. The van der Waals surface area contributed by atoms with Gasteiger partial charge >= 0.3 is 5.97 Å². The van der Waals surface area contributed by atoms with Crippen LogP contribution in [-0.4, -0.2) is 36.2 Å². The van der Waals surface area contributed by atoms with Gasteiger partial charge in [0.05, 0.1) is 10.6 Å². The average Bonchev–Trinajstić information content (AvgIpc) is 2.69. The minimum Gasteiger partial charge on any atom is -0.459 e. The van der Waals surface area contributed by atoms with E-state index in [1.165, 1.54) is 0 Å². The molecule has 0 aromatic heterocycles. The second-order valence-electron chi connectivity index (χ2n) is 5.74. The van der Waals surface area contributed by atoms with E-state index in [9.17, 15) is 9.59 Å². The van der Waals surface area contributed by atoms with Crippen LogP contribution in [0.15, 0.2) is 53.4 Å². The molecule has 0 bridgehead atoms. The van der Waals surface area contributed by atoms with Gasteiger partial charge < -0.3 is 10.1 Å². The summed E-state index contributed by atoms with van der Waals surface area (Å²) >= 11 is 9.33. The van der Waals surface area contributed by atoms with Gasteiger partial charge in [0.25, 0.3) is 5.91 Å². The normalized spacial score (nSPS) is 11.7. The van der Waals surface area contributed by atoms with Gasteiger partial charge in [-0.3, -0.25) is 4.79 Å². The number of amides is 1. The summed E-state index contributed by atoms with van der Waals surface area (Å²) in [7, 11) is 0. The quantitative estimate of drug-likeness (QED) is 0.469. The number of hydrogen-bond donors (Lipinski definition) is 1. The molecule has 0 aliphatic carbocycles. The van der Waals surface area contributed by atoms with Gasteiger partial charge in [0.1, 0.15) is 12.6 Å². The van der Waals surface area contributed by atoms with Crippen molar-refractivity contribution in [2.75, 3.05) is 18.3 Å². The highest BCUT2D eigenvalue weighted by molar-refractivity contribution is 7.98. The smallest absolute Gasteiger partial charge is 0.329 e. The molecule has 0 spiro atoms. The molecule has 144 valence electrons. The minimum atomic E-state index is -0.716. The lowest BCUT2D eigenvalue weighted by molar-refractivity contribution is -0.147. The van der Waals surface area contributed by atoms with E-state index in [0.29, 0.717) is 17.0 Å². The SMILES string of the molecule is CSCCC(NC(=O)c1ccccc1Cl)C(=O)OCc1ccc(SC)cc1. The lowest BCUT2D eigenvalue weighted by Gasteiger charge is -2.18. The number of rotatable bonds is 9. The molecule has 1 N–H and O–H groups in total. The van der Waals surface area contributed by atoms with Crippen molar-refractivity contribution in [1.82, 2.24) is 5.32 Å². The Labute approximate surface area is 173 Å². The Morgan fingerprint density at radius 3 is 2.44 bits per heavy atom. The predicted molar refractivity (Wildman–Crippen MR) is 114 cm³/mol. The summed E-state index contributed by atoms with van der Waals surface area (Å²) < 4.78 is 5.43. The van der Waals surface area contributed by atoms with Crippen LogP contribution >= 0.6 is 35.1 Å². The zero-order valence-electron chi connectivity index (χ0n) is 15.2. The van der Waals surface area contributed by atoms with E-state index in [2.05, 4.69) is 5.32 Å². The number of benzene rings is 2. The van der Waals surface area contributed by atoms with Gasteiger partial charge in [-0.1, -0.05) is 35.9 Å². The van der Waals surface area contributed by atoms with Crippen molar-refractivity contribution in [3.05, 3.63) is 64.7 Å². The number of thioether (sulfide) groups is 2. The molecule has 1 amide bonds. The van der Waals surface area contributed by atoms with Crippen LogP contribution < -0.4 is 5.32 Å². The van der Waals surface area contributed by atoms with E-state index in [1.54, 1.807) is 47.8 Å². The largest absolute Gasteiger partial charge is 0.459 e. The van der Waals surface area contributed by atoms with Crippen LogP contribution in [0.5, 0.6) is 0 Å². The Bertz CT molecular complexity index is 768. The van der Waals surface area contributed by atoms with Crippen molar-refractivity contribution >= 4 is 47.0 Å². The summed E-state index contributed by atoms with van der Waals surface area (Å²) in [5.74, 6) is -0.100. The number of carbonyl (C=O) groups is 2. The van der Waals surface area contributed by atoms with E-state index < -0.39 is 12.0 Å². The third-order valence-corrected chi connectivity index (χ3v) is 5.58. The Morgan fingerprint density at radius 2 is 1.81 bits per heavy atom. The van der Waals surface area contributed by atoms with Gasteiger partial charge in [-0.15, -0.1) is 11.8 Å². The zero-order valence-corrected chi connectivity index (χ0v) is 17.6. The Morgan fingerprint density at radius 1 is 1.11 bits per heavy atom. The van der Waals surface area contributed by atoms with E-state index in [1.807, 2.05) is 36.8 Å². The number of hydrogen-bond acceptors (Lipinski definition) is 5. The maximum absolute atomic E-state index is 12.5. The molecule has 0 heterocycles. The van der Waals surface area contributed by atoms with Crippen molar-refractivity contribution in [2.24, 2.45) is 0 Å². The van der Waals surface area contributed by atoms with Gasteiger partial charge in [-0.25, -0.2) is 4.79 Å². The summed E-state index contributed by atoms with van der Waals surface area (Å²) in [6.07, 6.45) is 4.44. The number of nitrogens with one attached hydrogen (secondary N) is 1. The first-order valence-corrected chi connectivity index (χ1v) is 11.4. The molecule has 0 fully saturated rings. The molecule has 27 heavy (non-hydrogen) atoms. The fourth-order valence-electron chi connectivity index (χ4n) is 2.34. The molecule has 1 atom stereocenters. The van der Waals surface area contributed by atoms with Gasteiger partial charge in [0, 0.05) is 4.90 Å². The molecular weight excluding hydrogens is 402 g/mol. The molecule has 2 aromatic rings. The number of ether oxygens (including phenoxy) is 1. The third-order valence-electron chi connectivity index (χ3n) is 3.86. The summed E-state index contributed by atoms with van der Waals surface area (Å²) in [6.45, 7) is 0.172. The highest BCUT2D eigenvalue weighted by Gasteiger charge is 2.23. The molecule has 2 aromatic carbocycles. The summed E-state index contributed by atoms with van der Waals surface area (Å²) in [6, 6.07) is 13.9. The topological polar surface area (TPSA) is 55.4 Å². The number of carbonyl (C=O) groups excluding carboxylic acids is 2. The van der Waals surface area contributed by atoms with Crippen LogP contribution in [0.1, 0.15) is 22.3 Å². The standard InChI is InChI=1S/C20H22ClNO3S2/c1-26-12-11-18(22-19(23)16-5-3-4-6-17(16)21)20(24)25-13-14-7-9-15(27-2)10-8-14/h3-10,18H,11-13H2,1-2H3,(H,22,23). The summed E-state index contributed by atoms with van der Waals surface area (Å²) in [5.41, 5.74) is 1.25. The van der Waals surface area contributed by atoms with Crippen LogP contribution in [0.25, 0.3) is 0 Å². The molecule has 0 saturated carbocycles. The molecule has 4 nitrogen and oxygen atoms in total. The molecule has 0 saturated heterocycles. The van der Waals surface area contributed by atoms with Gasteiger partial charge in [-0.05, 0) is 54.5 Å². The molecule has 1 unspecified atom stereocenters. The van der Waals surface area contributed by atoms with Crippen molar-refractivity contribution in [2.45, 2.75) is 24.0 Å². The van der Waals surface area contributed by atoms with E-state index in [4.69, 9.17) is 16.3 Å². The van der Waals surface area contributed by atoms with Crippen LogP contribution in [0, 0.1) is 0 Å². The molecule has 7 heteroatoms. The highest BCUT2D eigenvalue weighted by atomic mass is 35.5. The number of esters is 1. The third kappa shape index (κ3) is 6.79. The van der Waals surface area contributed by atoms with Gasteiger partial charge in [-0.2, -0.15) is 11.8 Å². The van der Waals surface area contributed by atoms with Crippen molar-refractivity contribution in [3.63, 3.8) is 0 Å². The zero-order chi connectivity index (χ0) is 19.6. The van der Waals surface area contributed by atoms with Gasteiger partial charge in [0.2, 0.25) is 0 Å². The fourth-order valence-corrected chi connectivity index (χ4v) is 3.44. The van der Waals surface area contributed by atoms with Crippen LogP contribution in [0.4, 0.5) is 0 Å². The highest BCUT2D eigenvalue weighted by Crippen LogP contribution is 2.17. The molecule has 0 aliphatic heterocycles. The van der Waals surface area contributed by atoms with E-state index in [-0.39, 0.29) is 12.5 Å².